The van der Waals surface area contributed by atoms with Crippen molar-refractivity contribution in [2.75, 3.05) is 39.5 Å². The van der Waals surface area contributed by atoms with Gasteiger partial charge in [0.05, 0.1) is 31.5 Å². The van der Waals surface area contributed by atoms with E-state index < -0.39 is 0 Å². The summed E-state index contributed by atoms with van der Waals surface area (Å²) in [4.78, 5) is 14.4. The molecule has 2 aliphatic heterocycles. The van der Waals surface area contributed by atoms with Gasteiger partial charge in [-0.25, -0.2) is 0 Å². The third-order valence-electron chi connectivity index (χ3n) is 6.27. The summed E-state index contributed by atoms with van der Waals surface area (Å²) >= 11 is 0. The number of amides is 1. The standard InChI is InChI=1S/C26H33NO5/c28-25(21-31-23-9-5-2-6-10-23)27-14-12-26(13-15-27)19-24(11-16-32-26)30-18-17-29-20-22-7-3-1-4-8-22/h1-10,24H,11-21H2. The fourth-order valence-electron chi connectivity index (χ4n) is 4.43. The number of carbonyl (C=O) groups excluding carboxylic acids is 1. The molecular formula is C26H33NO5. The number of para-hydroxylation sites is 1. The highest BCUT2D eigenvalue weighted by Crippen LogP contribution is 2.36. The molecule has 4 rings (SSSR count). The molecule has 1 amide bonds. The molecule has 6 nitrogen and oxygen atoms in total. The molecule has 2 saturated heterocycles. The molecule has 2 aromatic carbocycles. The van der Waals surface area contributed by atoms with Gasteiger partial charge in [-0.05, 0) is 37.0 Å². The van der Waals surface area contributed by atoms with E-state index in [0.717, 1.165) is 31.4 Å². The molecule has 2 aromatic rings. The predicted molar refractivity (Wildman–Crippen MR) is 122 cm³/mol. The van der Waals surface area contributed by atoms with Crippen molar-refractivity contribution in [2.24, 2.45) is 0 Å². The molecular weight excluding hydrogens is 406 g/mol. The summed E-state index contributed by atoms with van der Waals surface area (Å²) in [6.07, 6.45) is 3.67. The predicted octanol–water partition coefficient (Wildman–Crippen LogP) is 3.84. The molecule has 0 bridgehead atoms. The van der Waals surface area contributed by atoms with Crippen LogP contribution < -0.4 is 4.74 Å². The molecule has 6 heteroatoms. The number of rotatable bonds is 9. The summed E-state index contributed by atoms with van der Waals surface area (Å²) in [5.74, 6) is 0.751. The van der Waals surface area contributed by atoms with Crippen LogP contribution in [0.1, 0.15) is 31.2 Å². The molecule has 2 heterocycles. The second kappa shape index (κ2) is 11.5. The summed E-state index contributed by atoms with van der Waals surface area (Å²) in [6.45, 7) is 3.97. The number of hydrogen-bond donors (Lipinski definition) is 0. The Morgan fingerprint density at radius 3 is 2.47 bits per heavy atom. The lowest BCUT2D eigenvalue weighted by atomic mass is 9.83. The maximum absolute atomic E-state index is 12.5. The molecule has 0 N–H and O–H groups in total. The van der Waals surface area contributed by atoms with Crippen molar-refractivity contribution in [3.63, 3.8) is 0 Å². The Bertz CT molecular complexity index is 821. The van der Waals surface area contributed by atoms with Crippen LogP contribution in [0.5, 0.6) is 5.75 Å². The first kappa shape index (κ1) is 22.8. The fraction of sp³-hybridized carbons (Fsp3) is 0.500. The zero-order chi connectivity index (χ0) is 22.1. The lowest BCUT2D eigenvalue weighted by molar-refractivity contribution is -0.164. The molecule has 0 aromatic heterocycles. The van der Waals surface area contributed by atoms with Crippen LogP contribution in [0.2, 0.25) is 0 Å². The van der Waals surface area contributed by atoms with Gasteiger partial charge in [0.15, 0.2) is 6.61 Å². The highest BCUT2D eigenvalue weighted by atomic mass is 16.5. The van der Waals surface area contributed by atoms with E-state index in [1.807, 2.05) is 53.4 Å². The van der Waals surface area contributed by atoms with Crippen molar-refractivity contribution in [3.8, 4) is 5.75 Å². The number of ether oxygens (including phenoxy) is 4. The summed E-state index contributed by atoms with van der Waals surface area (Å²) < 4.78 is 23.6. The summed E-state index contributed by atoms with van der Waals surface area (Å²) in [5, 5.41) is 0. The summed E-state index contributed by atoms with van der Waals surface area (Å²) in [7, 11) is 0. The summed E-state index contributed by atoms with van der Waals surface area (Å²) in [6, 6.07) is 19.6. The Labute approximate surface area is 190 Å². The highest BCUT2D eigenvalue weighted by molar-refractivity contribution is 5.77. The average Bonchev–Trinajstić information content (AvgIpc) is 2.84. The Morgan fingerprint density at radius 1 is 1.00 bits per heavy atom. The average molecular weight is 440 g/mol. The number of hydrogen-bond acceptors (Lipinski definition) is 5. The molecule has 172 valence electrons. The number of nitrogens with zero attached hydrogens (tertiary/aromatic N) is 1. The fourth-order valence-corrected chi connectivity index (χ4v) is 4.43. The second-order valence-corrected chi connectivity index (χ2v) is 8.54. The van der Waals surface area contributed by atoms with Crippen LogP contribution in [-0.2, 0) is 25.6 Å². The van der Waals surface area contributed by atoms with Crippen LogP contribution >= 0.6 is 0 Å². The van der Waals surface area contributed by atoms with Crippen LogP contribution in [0.3, 0.4) is 0 Å². The van der Waals surface area contributed by atoms with Gasteiger partial charge < -0.3 is 23.8 Å². The second-order valence-electron chi connectivity index (χ2n) is 8.54. The molecule has 1 unspecified atom stereocenters. The number of piperidine rings is 1. The zero-order valence-electron chi connectivity index (χ0n) is 18.6. The van der Waals surface area contributed by atoms with Gasteiger partial charge in [-0.3, -0.25) is 4.79 Å². The number of likely N-dealkylation sites (tertiary alicyclic amines) is 1. The van der Waals surface area contributed by atoms with Gasteiger partial charge in [0.1, 0.15) is 5.75 Å². The Hall–Kier alpha value is -2.41. The number of carbonyl (C=O) groups is 1. The third kappa shape index (κ3) is 6.55. The maximum atomic E-state index is 12.5. The molecule has 0 saturated carbocycles. The molecule has 1 spiro atoms. The van der Waals surface area contributed by atoms with Crippen molar-refractivity contribution < 1.29 is 23.7 Å². The van der Waals surface area contributed by atoms with Crippen molar-refractivity contribution in [3.05, 3.63) is 66.2 Å². The van der Waals surface area contributed by atoms with Crippen LogP contribution in [-0.4, -0.2) is 62.0 Å². The molecule has 1 atom stereocenters. The molecule has 0 aliphatic carbocycles. The van der Waals surface area contributed by atoms with Crippen molar-refractivity contribution in [1.82, 2.24) is 4.90 Å². The van der Waals surface area contributed by atoms with E-state index in [9.17, 15) is 4.79 Å². The lowest BCUT2D eigenvalue weighted by Gasteiger charge is -2.46. The first-order valence-corrected chi connectivity index (χ1v) is 11.6. The largest absolute Gasteiger partial charge is 0.484 e. The van der Waals surface area contributed by atoms with E-state index in [4.69, 9.17) is 18.9 Å². The quantitative estimate of drug-likeness (QED) is 0.556. The van der Waals surface area contributed by atoms with Crippen LogP contribution in [0.15, 0.2) is 60.7 Å². The minimum Gasteiger partial charge on any atom is -0.484 e. The molecule has 32 heavy (non-hydrogen) atoms. The normalized spacial score (nSPS) is 20.2. The van der Waals surface area contributed by atoms with E-state index in [1.54, 1.807) is 0 Å². The van der Waals surface area contributed by atoms with Gasteiger partial charge in [-0.1, -0.05) is 48.5 Å². The molecule has 2 fully saturated rings. The third-order valence-corrected chi connectivity index (χ3v) is 6.27. The van der Waals surface area contributed by atoms with Gasteiger partial charge in [-0.15, -0.1) is 0 Å². The number of benzene rings is 2. The summed E-state index contributed by atoms with van der Waals surface area (Å²) in [5.41, 5.74) is 0.998. The van der Waals surface area contributed by atoms with Gasteiger partial charge in [-0.2, -0.15) is 0 Å². The van der Waals surface area contributed by atoms with Crippen LogP contribution in [0.4, 0.5) is 0 Å². The van der Waals surface area contributed by atoms with Gasteiger partial charge in [0.25, 0.3) is 5.91 Å². The SMILES string of the molecule is O=C(COc1ccccc1)N1CCC2(CC1)CC(OCCOCc1ccccc1)CCO2. The lowest BCUT2D eigenvalue weighted by Crippen LogP contribution is -2.52. The minimum absolute atomic E-state index is 0.0304. The van der Waals surface area contributed by atoms with Gasteiger partial charge >= 0.3 is 0 Å². The Morgan fingerprint density at radius 2 is 1.72 bits per heavy atom. The van der Waals surface area contributed by atoms with E-state index in [1.165, 1.54) is 5.56 Å². The van der Waals surface area contributed by atoms with E-state index in [0.29, 0.717) is 39.5 Å². The van der Waals surface area contributed by atoms with Crippen LogP contribution in [0, 0.1) is 0 Å². The smallest absolute Gasteiger partial charge is 0.260 e. The maximum Gasteiger partial charge on any atom is 0.260 e. The zero-order valence-corrected chi connectivity index (χ0v) is 18.6. The van der Waals surface area contributed by atoms with E-state index in [-0.39, 0.29) is 24.2 Å². The molecule has 0 radical (unpaired) electrons. The van der Waals surface area contributed by atoms with Crippen molar-refractivity contribution in [2.45, 2.75) is 44.0 Å². The first-order valence-electron chi connectivity index (χ1n) is 11.6. The van der Waals surface area contributed by atoms with Crippen molar-refractivity contribution >= 4 is 5.91 Å². The minimum atomic E-state index is -0.176. The van der Waals surface area contributed by atoms with E-state index >= 15 is 0 Å². The Balaban J connectivity index is 1.14. The monoisotopic (exact) mass is 439 g/mol. The first-order chi connectivity index (χ1) is 15.7. The molecule has 2 aliphatic rings. The van der Waals surface area contributed by atoms with Crippen LogP contribution in [0.25, 0.3) is 0 Å². The highest BCUT2D eigenvalue weighted by Gasteiger charge is 2.41. The van der Waals surface area contributed by atoms with E-state index in [2.05, 4.69) is 12.1 Å². The van der Waals surface area contributed by atoms with Gasteiger partial charge in [0.2, 0.25) is 0 Å². The van der Waals surface area contributed by atoms with Crippen molar-refractivity contribution in [1.29, 1.82) is 0 Å². The van der Waals surface area contributed by atoms with Gasteiger partial charge in [0, 0.05) is 26.1 Å². The Kier molecular flexibility index (Phi) is 8.15. The topological polar surface area (TPSA) is 57.2 Å².